The molecule has 0 atom stereocenters. The lowest BCUT2D eigenvalue weighted by Crippen LogP contribution is -2.53. The summed E-state index contributed by atoms with van der Waals surface area (Å²) in [4.78, 5) is 0. The number of nitrogens with zero attached hydrogens (tertiary/aromatic N) is 2. The van der Waals surface area contributed by atoms with Gasteiger partial charge in [0, 0.05) is 13.1 Å². The Bertz CT molecular complexity index is 331. The van der Waals surface area contributed by atoms with Gasteiger partial charge in [0.15, 0.2) is 0 Å². The summed E-state index contributed by atoms with van der Waals surface area (Å²) in [5, 5.41) is 40.1. The molecular formula is C13H28N4O3. The van der Waals surface area contributed by atoms with Crippen LogP contribution in [0, 0.1) is 0 Å². The number of hydrogen-bond donors (Lipinski definition) is 5. The lowest BCUT2D eigenvalue weighted by Gasteiger charge is -2.29. The van der Waals surface area contributed by atoms with Crippen LogP contribution in [0.4, 0.5) is 0 Å². The highest BCUT2D eigenvalue weighted by atomic mass is 16.4. The lowest BCUT2D eigenvalue weighted by atomic mass is 9.98. The fourth-order valence-electron chi connectivity index (χ4n) is 1.32. The smallest absolute Gasteiger partial charge is 0.0789 e. The Hall–Kier alpha value is -1.18. The van der Waals surface area contributed by atoms with Crippen LogP contribution >= 0.6 is 0 Å². The van der Waals surface area contributed by atoms with Crippen molar-refractivity contribution < 1.29 is 15.5 Å². The second-order valence-electron chi connectivity index (χ2n) is 6.04. The van der Waals surface area contributed by atoms with E-state index in [-0.39, 0.29) is 0 Å². The van der Waals surface area contributed by atoms with Crippen molar-refractivity contribution in [3.8, 4) is 0 Å². The van der Waals surface area contributed by atoms with Crippen LogP contribution < -0.4 is 10.6 Å². The molecule has 0 radical (unpaired) electrons. The molecule has 5 N–H and O–H groups in total. The lowest BCUT2D eigenvalue weighted by molar-refractivity contribution is 0.155. The van der Waals surface area contributed by atoms with E-state index in [2.05, 4.69) is 20.9 Å². The monoisotopic (exact) mass is 288 g/mol. The van der Waals surface area contributed by atoms with Gasteiger partial charge in [0.2, 0.25) is 0 Å². The Balaban J connectivity index is 4.30. The van der Waals surface area contributed by atoms with Gasteiger partial charge in [-0.15, -0.1) is 0 Å². The predicted molar refractivity (Wildman–Crippen MR) is 80.0 cm³/mol. The summed E-state index contributed by atoms with van der Waals surface area (Å²) in [6.45, 7) is 11.6. The normalized spacial score (nSPS) is 16.4. The Kier molecular flexibility index (Phi) is 7.12. The Labute approximate surface area is 120 Å². The number of rotatable bonds is 8. The van der Waals surface area contributed by atoms with Crippen LogP contribution in [0.15, 0.2) is 10.3 Å². The van der Waals surface area contributed by atoms with Crippen LogP contribution in [0.3, 0.4) is 0 Å². The molecule has 118 valence electrons. The third kappa shape index (κ3) is 5.85. The van der Waals surface area contributed by atoms with Crippen LogP contribution in [0.5, 0.6) is 0 Å². The van der Waals surface area contributed by atoms with E-state index in [1.54, 1.807) is 13.8 Å². The molecule has 0 spiro atoms. The summed E-state index contributed by atoms with van der Waals surface area (Å²) in [7, 11) is 0. The van der Waals surface area contributed by atoms with Crippen molar-refractivity contribution >= 4 is 11.4 Å². The molecule has 0 heterocycles. The molecule has 0 aliphatic rings. The van der Waals surface area contributed by atoms with Gasteiger partial charge in [-0.25, -0.2) is 0 Å². The standard InChI is InChI=1S/C13H28N4O3/c1-9(16-19)12(3,4)14-7-11(18)8-15-13(5,6)10(2)17-20/h11,14-15,18-20H,7-8H2,1-6H3. The van der Waals surface area contributed by atoms with Crippen LogP contribution in [0.1, 0.15) is 41.5 Å². The van der Waals surface area contributed by atoms with Gasteiger partial charge >= 0.3 is 0 Å². The summed E-state index contributed by atoms with van der Waals surface area (Å²) in [5.74, 6) is 0. The second kappa shape index (κ2) is 7.56. The highest BCUT2D eigenvalue weighted by Gasteiger charge is 2.25. The highest BCUT2D eigenvalue weighted by molar-refractivity contribution is 5.90. The van der Waals surface area contributed by atoms with E-state index >= 15 is 0 Å². The zero-order chi connectivity index (χ0) is 16.0. The third-order valence-electron chi connectivity index (χ3n) is 3.67. The molecule has 0 rings (SSSR count). The number of β-amino-alcohol motifs (C(OH)–C–C–N with tert-alkyl or cyclic N) is 1. The predicted octanol–water partition coefficient (Wildman–Crippen LogP) is 0.784. The highest BCUT2D eigenvalue weighted by Crippen LogP contribution is 2.07. The third-order valence-corrected chi connectivity index (χ3v) is 3.67. The minimum atomic E-state index is -0.619. The van der Waals surface area contributed by atoms with Crippen molar-refractivity contribution in [1.29, 1.82) is 0 Å². The van der Waals surface area contributed by atoms with Gasteiger partial charge in [-0.05, 0) is 41.5 Å². The van der Waals surface area contributed by atoms with Gasteiger partial charge in [0.1, 0.15) is 0 Å². The summed E-state index contributed by atoms with van der Waals surface area (Å²) in [6.07, 6.45) is -0.619. The maximum Gasteiger partial charge on any atom is 0.0789 e. The van der Waals surface area contributed by atoms with Crippen LogP contribution in [-0.4, -0.2) is 57.2 Å². The van der Waals surface area contributed by atoms with E-state index in [0.717, 1.165) is 0 Å². The van der Waals surface area contributed by atoms with Crippen LogP contribution in [-0.2, 0) is 0 Å². The first-order chi connectivity index (χ1) is 9.06. The first-order valence-electron chi connectivity index (χ1n) is 6.63. The Morgan fingerprint density at radius 3 is 1.45 bits per heavy atom. The summed E-state index contributed by atoms with van der Waals surface area (Å²) < 4.78 is 0. The fourth-order valence-corrected chi connectivity index (χ4v) is 1.32. The molecular weight excluding hydrogens is 260 g/mol. The molecule has 0 aliphatic heterocycles. The molecule has 0 amide bonds. The molecule has 0 unspecified atom stereocenters. The van der Waals surface area contributed by atoms with E-state index in [1.165, 1.54) is 0 Å². The van der Waals surface area contributed by atoms with Crippen LogP contribution in [0.25, 0.3) is 0 Å². The van der Waals surface area contributed by atoms with Crippen molar-refractivity contribution in [2.75, 3.05) is 13.1 Å². The minimum absolute atomic E-state index is 0.345. The number of aliphatic hydroxyl groups is 1. The largest absolute Gasteiger partial charge is 0.411 e. The molecule has 0 bridgehead atoms. The zero-order valence-electron chi connectivity index (χ0n) is 13.2. The van der Waals surface area contributed by atoms with E-state index < -0.39 is 17.2 Å². The summed E-state index contributed by atoms with van der Waals surface area (Å²) in [5.41, 5.74) is 0.101. The molecule has 0 fully saturated rings. The van der Waals surface area contributed by atoms with E-state index in [1.807, 2.05) is 27.7 Å². The molecule has 0 saturated heterocycles. The van der Waals surface area contributed by atoms with Gasteiger partial charge in [0.25, 0.3) is 0 Å². The maximum atomic E-state index is 9.96. The molecule has 7 nitrogen and oxygen atoms in total. The van der Waals surface area contributed by atoms with E-state index in [9.17, 15) is 5.11 Å². The maximum absolute atomic E-state index is 9.96. The van der Waals surface area contributed by atoms with Crippen molar-refractivity contribution in [2.24, 2.45) is 10.3 Å². The van der Waals surface area contributed by atoms with Gasteiger partial charge in [-0.2, -0.15) is 0 Å². The van der Waals surface area contributed by atoms with Gasteiger partial charge in [-0.3, -0.25) is 0 Å². The average molecular weight is 288 g/mol. The van der Waals surface area contributed by atoms with E-state index in [0.29, 0.717) is 24.5 Å². The minimum Gasteiger partial charge on any atom is -0.411 e. The van der Waals surface area contributed by atoms with Crippen molar-refractivity contribution in [3.05, 3.63) is 0 Å². The number of oxime groups is 2. The Morgan fingerprint density at radius 2 is 1.20 bits per heavy atom. The van der Waals surface area contributed by atoms with Crippen molar-refractivity contribution in [2.45, 2.75) is 58.7 Å². The summed E-state index contributed by atoms with van der Waals surface area (Å²) >= 11 is 0. The molecule has 7 heteroatoms. The molecule has 0 aromatic rings. The quantitative estimate of drug-likeness (QED) is 0.258. The number of hydrogen-bond acceptors (Lipinski definition) is 7. The average Bonchev–Trinajstić information content (AvgIpc) is 2.40. The number of aliphatic hydroxyl groups excluding tert-OH is 1. The van der Waals surface area contributed by atoms with Gasteiger partial charge in [-0.1, -0.05) is 10.3 Å². The van der Waals surface area contributed by atoms with E-state index in [4.69, 9.17) is 10.4 Å². The molecule has 0 aromatic heterocycles. The topological polar surface area (TPSA) is 109 Å². The SMILES string of the molecule is CC(=NO)C(C)(C)NCC(O)CNC(C)(C)C(C)=NO. The molecule has 0 aromatic carbocycles. The van der Waals surface area contributed by atoms with Crippen LogP contribution in [0.2, 0.25) is 0 Å². The fraction of sp³-hybridized carbons (Fsp3) is 0.846. The number of nitrogens with one attached hydrogen (secondary N) is 2. The molecule has 0 saturated carbocycles. The van der Waals surface area contributed by atoms with Gasteiger partial charge < -0.3 is 26.2 Å². The summed E-state index contributed by atoms with van der Waals surface area (Å²) in [6, 6.07) is 0. The Morgan fingerprint density at radius 1 is 0.900 bits per heavy atom. The van der Waals surface area contributed by atoms with Crippen molar-refractivity contribution in [3.63, 3.8) is 0 Å². The first kappa shape index (κ1) is 18.8. The second-order valence-corrected chi connectivity index (χ2v) is 6.04. The van der Waals surface area contributed by atoms with Gasteiger partial charge in [0.05, 0.1) is 28.6 Å². The molecule has 0 aliphatic carbocycles. The first-order valence-corrected chi connectivity index (χ1v) is 6.63. The van der Waals surface area contributed by atoms with Crippen molar-refractivity contribution in [1.82, 2.24) is 10.6 Å². The molecule has 20 heavy (non-hydrogen) atoms. The zero-order valence-corrected chi connectivity index (χ0v) is 13.2.